The first kappa shape index (κ1) is 18.3. The van der Waals surface area contributed by atoms with Crippen LogP contribution in [0.25, 0.3) is 0 Å². The normalized spacial score (nSPS) is 13.3. The highest BCUT2D eigenvalue weighted by molar-refractivity contribution is 5.78. The fourth-order valence-electron chi connectivity index (χ4n) is 1.29. The van der Waals surface area contributed by atoms with Crippen LogP contribution >= 0.6 is 0 Å². The van der Waals surface area contributed by atoms with Crippen molar-refractivity contribution in [3.8, 4) is 0 Å². The number of rotatable bonds is 10. The number of amides is 1. The van der Waals surface area contributed by atoms with Crippen LogP contribution in [0.4, 0.5) is 0 Å². The lowest BCUT2D eigenvalue weighted by atomic mass is 10.1. The summed E-state index contributed by atoms with van der Waals surface area (Å²) in [5, 5.41) is 0. The summed E-state index contributed by atoms with van der Waals surface area (Å²) < 4.78 is 9.88. The van der Waals surface area contributed by atoms with E-state index in [1.807, 2.05) is 0 Å². The van der Waals surface area contributed by atoms with Crippen LogP contribution in [0.1, 0.15) is 32.6 Å². The Balaban J connectivity index is 3.87. The molecule has 0 saturated heterocycles. The Kier molecular flexibility index (Phi) is 9.31. The van der Waals surface area contributed by atoms with Crippen LogP contribution in [0.2, 0.25) is 0 Å². The fraction of sp³-hybridized carbons (Fsp3) is 0.750. The minimum absolute atomic E-state index is 0.0138. The van der Waals surface area contributed by atoms with Crippen molar-refractivity contribution in [2.75, 3.05) is 13.2 Å². The third-order valence-corrected chi connectivity index (χ3v) is 2.38. The van der Waals surface area contributed by atoms with E-state index in [-0.39, 0.29) is 25.9 Å². The Morgan fingerprint density at radius 2 is 1.85 bits per heavy atom. The van der Waals surface area contributed by atoms with Crippen molar-refractivity contribution in [2.24, 2.45) is 17.2 Å². The summed E-state index contributed by atoms with van der Waals surface area (Å²) >= 11 is 0. The van der Waals surface area contributed by atoms with Gasteiger partial charge in [-0.05, 0) is 26.3 Å². The van der Waals surface area contributed by atoms with Crippen molar-refractivity contribution in [2.45, 2.75) is 44.8 Å². The Hall–Kier alpha value is -1.67. The average molecular weight is 289 g/mol. The van der Waals surface area contributed by atoms with Gasteiger partial charge in [0.25, 0.3) is 0 Å². The molecule has 0 spiro atoms. The molecule has 0 aromatic heterocycles. The van der Waals surface area contributed by atoms with Gasteiger partial charge in [-0.3, -0.25) is 14.4 Å². The molecule has 0 saturated carbocycles. The lowest BCUT2D eigenvalue weighted by molar-refractivity contribution is -0.158. The Labute approximate surface area is 117 Å². The van der Waals surface area contributed by atoms with E-state index < -0.39 is 30.0 Å². The molecule has 8 nitrogen and oxygen atoms in total. The van der Waals surface area contributed by atoms with Gasteiger partial charge >= 0.3 is 11.9 Å². The lowest BCUT2D eigenvalue weighted by Crippen LogP contribution is -2.35. The van der Waals surface area contributed by atoms with Crippen molar-refractivity contribution in [3.05, 3.63) is 0 Å². The van der Waals surface area contributed by atoms with Gasteiger partial charge in [-0.25, -0.2) is 0 Å². The summed E-state index contributed by atoms with van der Waals surface area (Å²) in [5.41, 5.74) is 15.7. The molecule has 0 aliphatic heterocycles. The SMILES string of the molecule is CC(COC(=O)[C@@H](N)CCC(N)=O)OC(=O)CCCN. The first-order valence-corrected chi connectivity index (χ1v) is 6.46. The van der Waals surface area contributed by atoms with Gasteiger partial charge in [-0.15, -0.1) is 0 Å². The maximum Gasteiger partial charge on any atom is 0.323 e. The lowest BCUT2D eigenvalue weighted by Gasteiger charge is -2.15. The van der Waals surface area contributed by atoms with E-state index in [1.165, 1.54) is 0 Å². The largest absolute Gasteiger partial charge is 0.461 e. The summed E-state index contributed by atoms with van der Waals surface area (Å²) in [6, 6.07) is -0.914. The Morgan fingerprint density at radius 3 is 2.40 bits per heavy atom. The van der Waals surface area contributed by atoms with E-state index >= 15 is 0 Å². The molecule has 0 fully saturated rings. The molecule has 0 bridgehead atoms. The first-order valence-electron chi connectivity index (χ1n) is 6.46. The summed E-state index contributed by atoms with van der Waals surface area (Å²) in [6.45, 7) is 1.92. The molecule has 116 valence electrons. The molecule has 2 atom stereocenters. The summed E-state index contributed by atoms with van der Waals surface area (Å²) in [7, 11) is 0. The average Bonchev–Trinajstić information content (AvgIpc) is 2.39. The predicted octanol–water partition coefficient (Wildman–Crippen LogP) is -1.21. The molecule has 0 heterocycles. The molecule has 0 radical (unpaired) electrons. The van der Waals surface area contributed by atoms with E-state index in [9.17, 15) is 14.4 Å². The van der Waals surface area contributed by atoms with Crippen LogP contribution in [0.5, 0.6) is 0 Å². The molecule has 0 aliphatic rings. The molecule has 0 rings (SSSR count). The maximum absolute atomic E-state index is 11.5. The van der Waals surface area contributed by atoms with Crippen LogP contribution in [-0.2, 0) is 23.9 Å². The maximum atomic E-state index is 11.5. The summed E-state index contributed by atoms with van der Waals surface area (Å²) in [4.78, 5) is 33.3. The summed E-state index contributed by atoms with van der Waals surface area (Å²) in [5.74, 6) is -1.58. The van der Waals surface area contributed by atoms with Gasteiger partial charge in [-0.2, -0.15) is 0 Å². The van der Waals surface area contributed by atoms with Crippen LogP contribution < -0.4 is 17.2 Å². The van der Waals surface area contributed by atoms with E-state index in [4.69, 9.17) is 26.7 Å². The third kappa shape index (κ3) is 9.29. The van der Waals surface area contributed by atoms with Crippen LogP contribution in [0, 0.1) is 0 Å². The van der Waals surface area contributed by atoms with Gasteiger partial charge in [0.2, 0.25) is 5.91 Å². The molecule has 1 unspecified atom stereocenters. The van der Waals surface area contributed by atoms with E-state index in [2.05, 4.69) is 0 Å². The quantitative estimate of drug-likeness (QED) is 0.427. The number of nitrogens with two attached hydrogens (primary N) is 3. The molecule has 8 heteroatoms. The molecule has 0 aromatic rings. The molecule has 0 aliphatic carbocycles. The van der Waals surface area contributed by atoms with Crippen LogP contribution in [0.15, 0.2) is 0 Å². The van der Waals surface area contributed by atoms with Crippen molar-refractivity contribution in [1.82, 2.24) is 0 Å². The molecular formula is C12H23N3O5. The smallest absolute Gasteiger partial charge is 0.323 e. The highest BCUT2D eigenvalue weighted by Gasteiger charge is 2.18. The molecule has 1 amide bonds. The van der Waals surface area contributed by atoms with Crippen molar-refractivity contribution in [3.63, 3.8) is 0 Å². The molecule has 0 aromatic carbocycles. The second-order valence-electron chi connectivity index (χ2n) is 4.43. The minimum Gasteiger partial charge on any atom is -0.461 e. The second-order valence-corrected chi connectivity index (χ2v) is 4.43. The van der Waals surface area contributed by atoms with E-state index in [0.717, 1.165) is 0 Å². The van der Waals surface area contributed by atoms with Gasteiger partial charge < -0.3 is 26.7 Å². The topological polar surface area (TPSA) is 148 Å². The van der Waals surface area contributed by atoms with Gasteiger partial charge in [0.1, 0.15) is 18.8 Å². The predicted molar refractivity (Wildman–Crippen MR) is 71.2 cm³/mol. The minimum atomic E-state index is -0.914. The zero-order chi connectivity index (χ0) is 15.5. The Bertz CT molecular complexity index is 335. The number of hydrogen-bond acceptors (Lipinski definition) is 7. The van der Waals surface area contributed by atoms with Crippen molar-refractivity contribution in [1.29, 1.82) is 0 Å². The van der Waals surface area contributed by atoms with E-state index in [1.54, 1.807) is 6.92 Å². The molecule has 6 N–H and O–H groups in total. The van der Waals surface area contributed by atoms with Crippen molar-refractivity contribution >= 4 is 17.8 Å². The zero-order valence-corrected chi connectivity index (χ0v) is 11.7. The fourth-order valence-corrected chi connectivity index (χ4v) is 1.29. The monoisotopic (exact) mass is 289 g/mol. The number of ether oxygens (including phenoxy) is 2. The number of primary amides is 1. The second kappa shape index (κ2) is 10.2. The molecular weight excluding hydrogens is 266 g/mol. The number of esters is 2. The number of carbonyl (C=O) groups is 3. The van der Waals surface area contributed by atoms with E-state index in [0.29, 0.717) is 13.0 Å². The standard InChI is InChI=1S/C12H23N3O5/c1-8(20-11(17)3-2-6-13)7-19-12(18)9(14)4-5-10(15)16/h8-9H,2-7,13-14H2,1H3,(H2,15,16)/t8?,9-/m0/s1. The molecule has 20 heavy (non-hydrogen) atoms. The number of carbonyl (C=O) groups excluding carboxylic acids is 3. The third-order valence-electron chi connectivity index (χ3n) is 2.38. The van der Waals surface area contributed by atoms with Crippen LogP contribution in [0.3, 0.4) is 0 Å². The van der Waals surface area contributed by atoms with Crippen molar-refractivity contribution < 1.29 is 23.9 Å². The van der Waals surface area contributed by atoms with Gasteiger partial charge in [0.05, 0.1) is 0 Å². The Morgan fingerprint density at radius 1 is 1.20 bits per heavy atom. The number of hydrogen-bond donors (Lipinski definition) is 3. The zero-order valence-electron chi connectivity index (χ0n) is 11.7. The first-order chi connectivity index (χ1) is 9.36. The van der Waals surface area contributed by atoms with Gasteiger partial charge in [0, 0.05) is 12.8 Å². The van der Waals surface area contributed by atoms with Crippen LogP contribution in [-0.4, -0.2) is 43.1 Å². The van der Waals surface area contributed by atoms with Gasteiger partial charge in [0.15, 0.2) is 0 Å². The van der Waals surface area contributed by atoms with Gasteiger partial charge in [-0.1, -0.05) is 0 Å². The highest BCUT2D eigenvalue weighted by Crippen LogP contribution is 2.01. The summed E-state index contributed by atoms with van der Waals surface area (Å²) in [6.07, 6.45) is 0.349. The highest BCUT2D eigenvalue weighted by atomic mass is 16.6.